The largest absolute Gasteiger partial charge is 0.378 e. The summed E-state index contributed by atoms with van der Waals surface area (Å²) in [7, 11) is 0. The molecule has 3 amide bonds. The second-order valence-corrected chi connectivity index (χ2v) is 8.03. The molecule has 7 nitrogen and oxygen atoms in total. The Kier molecular flexibility index (Phi) is 8.51. The van der Waals surface area contributed by atoms with Crippen molar-refractivity contribution in [1.82, 2.24) is 20.0 Å². The number of hydrogen-bond acceptors (Lipinski definition) is 4. The number of piperidine rings is 1. The number of amides is 3. The van der Waals surface area contributed by atoms with Crippen LogP contribution in [0, 0.1) is 5.92 Å². The average Bonchev–Trinajstić information content (AvgIpc) is 2.82. The Bertz CT molecular complexity index is 666. The highest BCUT2D eigenvalue weighted by Crippen LogP contribution is 2.22. The molecule has 7 heteroatoms. The van der Waals surface area contributed by atoms with Crippen LogP contribution in [0.1, 0.15) is 38.3 Å². The van der Waals surface area contributed by atoms with E-state index in [9.17, 15) is 9.59 Å². The van der Waals surface area contributed by atoms with Crippen LogP contribution in [0.25, 0.3) is 0 Å². The van der Waals surface area contributed by atoms with Gasteiger partial charge in [-0.15, -0.1) is 0 Å². The molecule has 30 heavy (non-hydrogen) atoms. The van der Waals surface area contributed by atoms with Crippen LogP contribution >= 0.6 is 0 Å². The summed E-state index contributed by atoms with van der Waals surface area (Å²) in [5.74, 6) is 0.254. The number of morpholine rings is 1. The van der Waals surface area contributed by atoms with Crippen molar-refractivity contribution in [3.8, 4) is 0 Å². The number of likely N-dealkylation sites (tertiary alicyclic amines) is 1. The number of rotatable bonds is 7. The number of ether oxygens (including phenoxy) is 1. The van der Waals surface area contributed by atoms with Crippen molar-refractivity contribution in [2.75, 3.05) is 59.0 Å². The van der Waals surface area contributed by atoms with E-state index in [4.69, 9.17) is 4.74 Å². The van der Waals surface area contributed by atoms with E-state index in [1.807, 2.05) is 28.0 Å². The van der Waals surface area contributed by atoms with Crippen LogP contribution in [0.3, 0.4) is 0 Å². The lowest BCUT2D eigenvalue weighted by atomic mass is 9.95. The molecule has 2 saturated heterocycles. The van der Waals surface area contributed by atoms with Gasteiger partial charge < -0.3 is 19.9 Å². The Morgan fingerprint density at radius 2 is 1.67 bits per heavy atom. The molecule has 1 aromatic carbocycles. The van der Waals surface area contributed by atoms with Crippen molar-refractivity contribution >= 4 is 11.9 Å². The monoisotopic (exact) mass is 416 g/mol. The number of benzene rings is 1. The van der Waals surface area contributed by atoms with E-state index in [0.717, 1.165) is 25.9 Å². The van der Waals surface area contributed by atoms with Gasteiger partial charge in [0.1, 0.15) is 0 Å². The third-order valence-corrected chi connectivity index (χ3v) is 6.34. The summed E-state index contributed by atoms with van der Waals surface area (Å²) in [5.41, 5.74) is 1.22. The van der Waals surface area contributed by atoms with Gasteiger partial charge in [0, 0.05) is 38.6 Å². The molecular weight excluding hydrogens is 380 g/mol. The summed E-state index contributed by atoms with van der Waals surface area (Å²) >= 11 is 0. The Morgan fingerprint density at radius 1 is 1.03 bits per heavy atom. The topological polar surface area (TPSA) is 65.1 Å². The van der Waals surface area contributed by atoms with Crippen molar-refractivity contribution in [2.24, 2.45) is 5.92 Å². The first-order valence-corrected chi connectivity index (χ1v) is 11.3. The van der Waals surface area contributed by atoms with E-state index in [1.54, 1.807) is 0 Å². The van der Waals surface area contributed by atoms with E-state index < -0.39 is 0 Å². The molecule has 3 rings (SSSR count). The standard InChI is InChI=1S/C23H36N4O3/c1-3-25(4-2)21(19-8-6-5-7-9-19)18-24-23(29)27-12-10-20(11-13-27)22(28)26-14-16-30-17-15-26/h5-9,20-21H,3-4,10-18H2,1-2H3,(H,24,29). The third kappa shape index (κ3) is 5.73. The zero-order valence-electron chi connectivity index (χ0n) is 18.4. The Balaban J connectivity index is 1.50. The first-order valence-electron chi connectivity index (χ1n) is 11.3. The molecule has 166 valence electrons. The zero-order valence-corrected chi connectivity index (χ0v) is 18.4. The molecule has 1 unspecified atom stereocenters. The van der Waals surface area contributed by atoms with Crippen molar-refractivity contribution in [3.05, 3.63) is 35.9 Å². The Hall–Kier alpha value is -2.12. The number of nitrogens with one attached hydrogen (secondary N) is 1. The summed E-state index contributed by atoms with van der Waals surface area (Å²) in [5, 5.41) is 3.14. The SMILES string of the molecule is CCN(CC)C(CNC(=O)N1CCC(C(=O)N2CCOCC2)CC1)c1ccccc1. The van der Waals surface area contributed by atoms with Gasteiger partial charge in [-0.05, 0) is 31.5 Å². The lowest BCUT2D eigenvalue weighted by molar-refractivity contribution is -0.141. The van der Waals surface area contributed by atoms with Gasteiger partial charge in [-0.1, -0.05) is 44.2 Å². The van der Waals surface area contributed by atoms with Gasteiger partial charge in [0.2, 0.25) is 5.91 Å². The molecule has 2 aliphatic heterocycles. The molecule has 0 bridgehead atoms. The molecule has 2 fully saturated rings. The predicted molar refractivity (Wildman–Crippen MR) is 117 cm³/mol. The van der Waals surface area contributed by atoms with Gasteiger partial charge in [-0.3, -0.25) is 9.69 Å². The minimum absolute atomic E-state index is 0.0274. The van der Waals surface area contributed by atoms with Gasteiger partial charge in [-0.2, -0.15) is 0 Å². The Labute approximate surface area is 180 Å². The van der Waals surface area contributed by atoms with E-state index in [2.05, 4.69) is 36.2 Å². The van der Waals surface area contributed by atoms with Gasteiger partial charge in [0.05, 0.1) is 19.3 Å². The number of carbonyl (C=O) groups excluding carboxylic acids is 2. The predicted octanol–water partition coefficient (Wildman–Crippen LogP) is 2.35. The Morgan fingerprint density at radius 3 is 2.27 bits per heavy atom. The molecule has 2 aliphatic rings. The summed E-state index contributed by atoms with van der Waals surface area (Å²) < 4.78 is 5.34. The van der Waals surface area contributed by atoms with Crippen molar-refractivity contribution in [2.45, 2.75) is 32.7 Å². The molecule has 1 atom stereocenters. The smallest absolute Gasteiger partial charge is 0.317 e. The molecule has 0 aliphatic carbocycles. The van der Waals surface area contributed by atoms with Crippen LogP contribution < -0.4 is 5.32 Å². The summed E-state index contributed by atoms with van der Waals surface area (Å²) in [6.45, 7) is 10.6. The average molecular weight is 417 g/mol. The van der Waals surface area contributed by atoms with Crippen LogP contribution in [-0.2, 0) is 9.53 Å². The van der Waals surface area contributed by atoms with Crippen LogP contribution in [-0.4, -0.2) is 85.7 Å². The number of carbonyl (C=O) groups is 2. The number of urea groups is 1. The normalized spacial score (nSPS) is 19.0. The zero-order chi connectivity index (χ0) is 21.3. The second kappa shape index (κ2) is 11.3. The number of likely N-dealkylation sites (N-methyl/N-ethyl adjacent to an activating group) is 1. The highest BCUT2D eigenvalue weighted by Gasteiger charge is 2.31. The van der Waals surface area contributed by atoms with Crippen molar-refractivity contribution in [3.63, 3.8) is 0 Å². The van der Waals surface area contributed by atoms with Crippen LogP contribution in [0.2, 0.25) is 0 Å². The molecule has 0 spiro atoms. The maximum absolute atomic E-state index is 12.8. The quantitative estimate of drug-likeness (QED) is 0.741. The molecule has 2 heterocycles. The first-order chi connectivity index (χ1) is 14.6. The number of nitrogens with zero attached hydrogens (tertiary/aromatic N) is 3. The van der Waals surface area contributed by atoms with E-state index in [1.165, 1.54) is 5.56 Å². The van der Waals surface area contributed by atoms with E-state index in [0.29, 0.717) is 45.9 Å². The van der Waals surface area contributed by atoms with Gasteiger partial charge in [0.15, 0.2) is 0 Å². The fourth-order valence-corrected chi connectivity index (χ4v) is 4.46. The second-order valence-electron chi connectivity index (χ2n) is 8.03. The first kappa shape index (κ1) is 22.6. The fraction of sp³-hybridized carbons (Fsp3) is 0.652. The molecule has 1 N–H and O–H groups in total. The molecule has 1 aromatic rings. The van der Waals surface area contributed by atoms with Crippen LogP contribution in [0.15, 0.2) is 30.3 Å². The van der Waals surface area contributed by atoms with E-state index in [-0.39, 0.29) is 23.9 Å². The highest BCUT2D eigenvalue weighted by molar-refractivity contribution is 5.80. The van der Waals surface area contributed by atoms with Crippen molar-refractivity contribution < 1.29 is 14.3 Å². The number of hydrogen-bond donors (Lipinski definition) is 1. The lowest BCUT2D eigenvalue weighted by Crippen LogP contribution is -2.50. The maximum atomic E-state index is 12.8. The minimum Gasteiger partial charge on any atom is -0.378 e. The minimum atomic E-state index is -0.0274. The molecule has 0 radical (unpaired) electrons. The van der Waals surface area contributed by atoms with Gasteiger partial charge in [-0.25, -0.2) is 4.79 Å². The highest BCUT2D eigenvalue weighted by atomic mass is 16.5. The summed E-state index contributed by atoms with van der Waals surface area (Å²) in [6.07, 6.45) is 1.48. The molecular formula is C23H36N4O3. The van der Waals surface area contributed by atoms with E-state index >= 15 is 0 Å². The van der Waals surface area contributed by atoms with Crippen molar-refractivity contribution in [1.29, 1.82) is 0 Å². The third-order valence-electron chi connectivity index (χ3n) is 6.34. The summed E-state index contributed by atoms with van der Waals surface area (Å²) in [6, 6.07) is 10.5. The van der Waals surface area contributed by atoms with Crippen LogP contribution in [0.4, 0.5) is 4.79 Å². The molecule has 0 saturated carbocycles. The fourth-order valence-electron chi connectivity index (χ4n) is 4.46. The van der Waals surface area contributed by atoms with Crippen LogP contribution in [0.5, 0.6) is 0 Å². The summed E-state index contributed by atoms with van der Waals surface area (Å²) in [4.78, 5) is 31.6. The van der Waals surface area contributed by atoms with Gasteiger partial charge >= 0.3 is 6.03 Å². The lowest BCUT2D eigenvalue weighted by Gasteiger charge is -2.36. The van der Waals surface area contributed by atoms with Gasteiger partial charge in [0.25, 0.3) is 0 Å². The molecule has 0 aromatic heterocycles. The maximum Gasteiger partial charge on any atom is 0.317 e.